The fourth-order valence-electron chi connectivity index (χ4n) is 3.68. The van der Waals surface area contributed by atoms with Gasteiger partial charge >= 0.3 is 0 Å². The van der Waals surface area contributed by atoms with Crippen molar-refractivity contribution in [3.63, 3.8) is 0 Å². The molecule has 4 nitrogen and oxygen atoms in total. The highest BCUT2D eigenvalue weighted by Crippen LogP contribution is 2.33. The predicted octanol–water partition coefficient (Wildman–Crippen LogP) is 2.61. The van der Waals surface area contributed by atoms with Gasteiger partial charge in [-0.2, -0.15) is 0 Å². The normalized spacial score (nSPS) is 20.1. The van der Waals surface area contributed by atoms with Crippen molar-refractivity contribution in [1.82, 2.24) is 14.9 Å². The van der Waals surface area contributed by atoms with E-state index < -0.39 is 0 Å². The van der Waals surface area contributed by atoms with Gasteiger partial charge in [0.25, 0.3) is 0 Å². The maximum atomic E-state index is 5.22. The summed E-state index contributed by atoms with van der Waals surface area (Å²) < 4.78 is 7.76. The second-order valence-corrected chi connectivity index (χ2v) is 6.12. The second kappa shape index (κ2) is 6.72. The topological polar surface area (TPSA) is 39.1 Å². The van der Waals surface area contributed by atoms with Crippen molar-refractivity contribution >= 4 is 0 Å². The molecule has 0 radical (unpaired) electrons. The van der Waals surface area contributed by atoms with Crippen LogP contribution in [0.4, 0.5) is 0 Å². The molecule has 1 aliphatic heterocycles. The molecule has 0 amide bonds. The van der Waals surface area contributed by atoms with E-state index in [1.54, 1.807) is 7.11 Å². The maximum Gasteiger partial charge on any atom is 0.112 e. The first-order valence-corrected chi connectivity index (χ1v) is 8.18. The van der Waals surface area contributed by atoms with E-state index in [2.05, 4.69) is 9.88 Å². The van der Waals surface area contributed by atoms with Crippen molar-refractivity contribution in [2.75, 3.05) is 20.3 Å². The smallest absolute Gasteiger partial charge is 0.112 e. The van der Waals surface area contributed by atoms with Gasteiger partial charge in [-0.05, 0) is 19.3 Å². The highest BCUT2D eigenvalue weighted by molar-refractivity contribution is 5.22. The Labute approximate surface area is 121 Å². The Morgan fingerprint density at radius 3 is 2.95 bits per heavy atom. The van der Waals surface area contributed by atoms with Crippen LogP contribution in [-0.4, -0.2) is 29.8 Å². The van der Waals surface area contributed by atoms with Crippen LogP contribution in [0.5, 0.6) is 0 Å². The fourth-order valence-corrected chi connectivity index (χ4v) is 3.68. The molecule has 0 atom stereocenters. The Hall–Kier alpha value is -0.870. The third kappa shape index (κ3) is 2.91. The monoisotopic (exact) mass is 277 g/mol. The number of ether oxygens (including phenoxy) is 1. The minimum atomic E-state index is 0.692. The van der Waals surface area contributed by atoms with Gasteiger partial charge in [0.2, 0.25) is 0 Å². The van der Waals surface area contributed by atoms with Crippen LogP contribution in [0.3, 0.4) is 0 Å². The molecule has 0 aromatic carbocycles. The van der Waals surface area contributed by atoms with Crippen LogP contribution in [0.15, 0.2) is 0 Å². The quantitative estimate of drug-likeness (QED) is 0.841. The van der Waals surface area contributed by atoms with Crippen LogP contribution in [0.1, 0.15) is 61.7 Å². The first-order chi connectivity index (χ1) is 9.90. The van der Waals surface area contributed by atoms with Gasteiger partial charge in [-0.3, -0.25) is 0 Å². The first kappa shape index (κ1) is 14.1. The Morgan fingerprint density at radius 2 is 2.15 bits per heavy atom. The van der Waals surface area contributed by atoms with Gasteiger partial charge in [0.15, 0.2) is 0 Å². The minimum absolute atomic E-state index is 0.692. The molecule has 1 saturated carbocycles. The molecule has 3 rings (SSSR count). The molecule has 0 unspecified atom stereocenters. The fraction of sp³-hybridized carbons (Fsp3) is 0.812. The van der Waals surface area contributed by atoms with Crippen LogP contribution >= 0.6 is 0 Å². The van der Waals surface area contributed by atoms with Gasteiger partial charge in [0.05, 0.1) is 5.69 Å². The molecule has 0 spiro atoms. The molecule has 2 heterocycles. The van der Waals surface area contributed by atoms with Crippen molar-refractivity contribution in [3.05, 3.63) is 17.2 Å². The summed E-state index contributed by atoms with van der Waals surface area (Å²) in [4.78, 5) is 5.01. The highest BCUT2D eigenvalue weighted by atomic mass is 16.5. The van der Waals surface area contributed by atoms with Crippen molar-refractivity contribution in [2.45, 2.75) is 64.0 Å². The lowest BCUT2D eigenvalue weighted by atomic mass is 9.88. The Bertz CT molecular complexity index is 435. The zero-order valence-electron chi connectivity index (χ0n) is 12.7. The number of hydrogen-bond acceptors (Lipinski definition) is 3. The lowest BCUT2D eigenvalue weighted by Gasteiger charge is -2.23. The number of nitrogens with zero attached hydrogens (tertiary/aromatic N) is 2. The summed E-state index contributed by atoms with van der Waals surface area (Å²) in [6.45, 7) is 3.96. The molecule has 112 valence electrons. The predicted molar refractivity (Wildman–Crippen MR) is 80.0 cm³/mol. The van der Waals surface area contributed by atoms with Gasteiger partial charge in [-0.1, -0.05) is 19.3 Å². The number of hydrogen-bond donors (Lipinski definition) is 1. The summed E-state index contributed by atoms with van der Waals surface area (Å²) >= 11 is 0. The van der Waals surface area contributed by atoms with Gasteiger partial charge in [0, 0.05) is 51.4 Å². The molecule has 1 aromatic rings. The van der Waals surface area contributed by atoms with E-state index in [1.807, 2.05) is 0 Å². The molecule has 1 aromatic heterocycles. The lowest BCUT2D eigenvalue weighted by molar-refractivity contribution is 0.189. The third-order valence-corrected chi connectivity index (χ3v) is 4.72. The number of imidazole rings is 1. The number of fused-ring (bicyclic) bond motifs is 1. The van der Waals surface area contributed by atoms with Crippen LogP contribution in [0.2, 0.25) is 0 Å². The lowest BCUT2D eigenvalue weighted by Crippen LogP contribution is -2.25. The molecule has 20 heavy (non-hydrogen) atoms. The van der Waals surface area contributed by atoms with Crippen LogP contribution in [-0.2, 0) is 24.2 Å². The van der Waals surface area contributed by atoms with Crippen LogP contribution in [0, 0.1) is 0 Å². The number of nitrogens with one attached hydrogen (secondary N) is 1. The van der Waals surface area contributed by atoms with Gasteiger partial charge in [0.1, 0.15) is 5.82 Å². The van der Waals surface area contributed by atoms with Crippen molar-refractivity contribution in [2.24, 2.45) is 0 Å². The standard InChI is InChI=1S/C16H27N3O/c1-20-11-5-10-19-15-8-9-17-12-14(15)18-16(19)13-6-3-2-4-7-13/h13,17H,2-12H2,1H3. The van der Waals surface area contributed by atoms with Crippen molar-refractivity contribution in [1.29, 1.82) is 0 Å². The zero-order chi connectivity index (χ0) is 13.8. The zero-order valence-corrected chi connectivity index (χ0v) is 12.7. The molecular formula is C16H27N3O. The van der Waals surface area contributed by atoms with E-state index in [-0.39, 0.29) is 0 Å². The summed E-state index contributed by atoms with van der Waals surface area (Å²) in [5, 5.41) is 3.45. The maximum absolute atomic E-state index is 5.22. The molecule has 0 bridgehead atoms. The molecule has 1 fully saturated rings. The van der Waals surface area contributed by atoms with Crippen LogP contribution < -0.4 is 5.32 Å². The summed E-state index contributed by atoms with van der Waals surface area (Å²) in [5.74, 6) is 2.06. The SMILES string of the molecule is COCCCn1c(C2CCCCC2)nc2c1CCNC2. The van der Waals surface area contributed by atoms with Gasteiger partial charge in [-0.15, -0.1) is 0 Å². The largest absolute Gasteiger partial charge is 0.385 e. The molecular weight excluding hydrogens is 250 g/mol. The number of methoxy groups -OCH3 is 1. The average Bonchev–Trinajstić information content (AvgIpc) is 2.87. The summed E-state index contributed by atoms with van der Waals surface area (Å²) in [6, 6.07) is 0. The van der Waals surface area contributed by atoms with Gasteiger partial charge in [-0.25, -0.2) is 4.98 Å². The van der Waals surface area contributed by atoms with E-state index in [0.717, 1.165) is 39.1 Å². The Morgan fingerprint density at radius 1 is 1.30 bits per heavy atom. The number of rotatable bonds is 5. The highest BCUT2D eigenvalue weighted by Gasteiger charge is 2.25. The van der Waals surface area contributed by atoms with E-state index >= 15 is 0 Å². The Balaban J connectivity index is 1.84. The van der Waals surface area contributed by atoms with E-state index in [4.69, 9.17) is 9.72 Å². The molecule has 0 saturated heterocycles. The van der Waals surface area contributed by atoms with E-state index in [0.29, 0.717) is 5.92 Å². The second-order valence-electron chi connectivity index (χ2n) is 6.12. The first-order valence-electron chi connectivity index (χ1n) is 8.18. The van der Waals surface area contributed by atoms with Crippen LogP contribution in [0.25, 0.3) is 0 Å². The number of aromatic nitrogens is 2. The third-order valence-electron chi connectivity index (χ3n) is 4.72. The molecule has 4 heteroatoms. The summed E-state index contributed by atoms with van der Waals surface area (Å²) in [5.41, 5.74) is 2.79. The van der Waals surface area contributed by atoms with Crippen molar-refractivity contribution < 1.29 is 4.74 Å². The van der Waals surface area contributed by atoms with E-state index in [9.17, 15) is 0 Å². The molecule has 2 aliphatic rings. The van der Waals surface area contributed by atoms with Crippen molar-refractivity contribution in [3.8, 4) is 0 Å². The molecule has 1 aliphatic carbocycles. The van der Waals surface area contributed by atoms with E-state index in [1.165, 1.54) is 49.3 Å². The van der Waals surface area contributed by atoms with Gasteiger partial charge < -0.3 is 14.6 Å². The molecule has 1 N–H and O–H groups in total. The minimum Gasteiger partial charge on any atom is -0.385 e. The average molecular weight is 277 g/mol. The summed E-state index contributed by atoms with van der Waals surface area (Å²) in [6.07, 6.45) is 9.02. The summed E-state index contributed by atoms with van der Waals surface area (Å²) in [7, 11) is 1.79. The Kier molecular flexibility index (Phi) is 4.73.